The van der Waals surface area contributed by atoms with Gasteiger partial charge in [-0.25, -0.2) is 0 Å². The summed E-state index contributed by atoms with van der Waals surface area (Å²) in [5, 5.41) is 3.55. The Hall–Kier alpha value is -1.96. The SMILES string of the molecule is CCCCCC(C)Nc1cccc(Oc2ccccc2)c1. The van der Waals surface area contributed by atoms with Crippen molar-refractivity contribution in [3.05, 3.63) is 54.6 Å². The van der Waals surface area contributed by atoms with Gasteiger partial charge < -0.3 is 10.1 Å². The van der Waals surface area contributed by atoms with E-state index in [1.807, 2.05) is 42.5 Å². The molecule has 2 aromatic carbocycles. The molecule has 0 spiro atoms. The van der Waals surface area contributed by atoms with E-state index in [2.05, 4.69) is 31.3 Å². The average molecular weight is 283 g/mol. The van der Waals surface area contributed by atoms with Gasteiger partial charge in [0, 0.05) is 17.8 Å². The lowest BCUT2D eigenvalue weighted by Crippen LogP contribution is -2.14. The predicted molar refractivity (Wildman–Crippen MR) is 90.2 cm³/mol. The van der Waals surface area contributed by atoms with Crippen LogP contribution < -0.4 is 10.1 Å². The van der Waals surface area contributed by atoms with Crippen LogP contribution in [-0.4, -0.2) is 6.04 Å². The lowest BCUT2D eigenvalue weighted by molar-refractivity contribution is 0.483. The molecule has 1 atom stereocenters. The number of benzene rings is 2. The summed E-state index contributed by atoms with van der Waals surface area (Å²) in [6.45, 7) is 4.48. The van der Waals surface area contributed by atoms with Crippen molar-refractivity contribution >= 4 is 5.69 Å². The lowest BCUT2D eigenvalue weighted by atomic mass is 10.1. The van der Waals surface area contributed by atoms with Crippen LogP contribution in [-0.2, 0) is 0 Å². The molecule has 2 aromatic rings. The molecular weight excluding hydrogens is 258 g/mol. The fraction of sp³-hybridized carbons (Fsp3) is 0.368. The average Bonchev–Trinajstić information content (AvgIpc) is 2.49. The molecule has 0 amide bonds. The molecule has 112 valence electrons. The molecule has 0 bridgehead atoms. The maximum atomic E-state index is 5.86. The van der Waals surface area contributed by atoms with Crippen molar-refractivity contribution in [3.63, 3.8) is 0 Å². The molecule has 2 rings (SSSR count). The van der Waals surface area contributed by atoms with Crippen LogP contribution in [0.2, 0.25) is 0 Å². The molecule has 0 aliphatic heterocycles. The number of ether oxygens (including phenoxy) is 1. The quantitative estimate of drug-likeness (QED) is 0.613. The van der Waals surface area contributed by atoms with E-state index >= 15 is 0 Å². The summed E-state index contributed by atoms with van der Waals surface area (Å²) in [4.78, 5) is 0. The van der Waals surface area contributed by atoms with E-state index in [9.17, 15) is 0 Å². The van der Waals surface area contributed by atoms with Crippen molar-refractivity contribution < 1.29 is 4.74 Å². The van der Waals surface area contributed by atoms with Gasteiger partial charge in [0.25, 0.3) is 0 Å². The number of para-hydroxylation sites is 1. The second-order valence-electron chi connectivity index (χ2n) is 5.48. The summed E-state index contributed by atoms with van der Waals surface area (Å²) in [6.07, 6.45) is 5.07. The van der Waals surface area contributed by atoms with E-state index in [1.165, 1.54) is 25.7 Å². The van der Waals surface area contributed by atoms with E-state index in [0.717, 1.165) is 17.2 Å². The zero-order chi connectivity index (χ0) is 14.9. The highest BCUT2D eigenvalue weighted by Crippen LogP contribution is 2.24. The molecule has 1 N–H and O–H groups in total. The summed E-state index contributed by atoms with van der Waals surface area (Å²) in [5.41, 5.74) is 1.12. The second-order valence-corrected chi connectivity index (χ2v) is 5.48. The van der Waals surface area contributed by atoms with Gasteiger partial charge in [-0.2, -0.15) is 0 Å². The lowest BCUT2D eigenvalue weighted by Gasteiger charge is -2.16. The Morgan fingerprint density at radius 3 is 2.48 bits per heavy atom. The Kier molecular flexibility index (Phi) is 6.14. The van der Waals surface area contributed by atoms with Gasteiger partial charge in [0.15, 0.2) is 0 Å². The van der Waals surface area contributed by atoms with E-state index in [1.54, 1.807) is 0 Å². The van der Waals surface area contributed by atoms with Gasteiger partial charge in [0.1, 0.15) is 11.5 Å². The summed E-state index contributed by atoms with van der Waals surface area (Å²) in [7, 11) is 0. The number of hydrogen-bond acceptors (Lipinski definition) is 2. The highest BCUT2D eigenvalue weighted by molar-refractivity contribution is 5.49. The molecule has 2 heteroatoms. The number of unbranched alkanes of at least 4 members (excludes halogenated alkanes) is 2. The van der Waals surface area contributed by atoms with Gasteiger partial charge in [-0.15, -0.1) is 0 Å². The first-order valence-corrected chi connectivity index (χ1v) is 7.87. The largest absolute Gasteiger partial charge is 0.457 e. The van der Waals surface area contributed by atoms with E-state index in [-0.39, 0.29) is 0 Å². The van der Waals surface area contributed by atoms with Gasteiger partial charge in [-0.05, 0) is 37.6 Å². The summed E-state index contributed by atoms with van der Waals surface area (Å²) in [5.74, 6) is 1.73. The van der Waals surface area contributed by atoms with Crippen LogP contribution >= 0.6 is 0 Å². The van der Waals surface area contributed by atoms with Crippen molar-refractivity contribution in [2.24, 2.45) is 0 Å². The number of hydrogen-bond donors (Lipinski definition) is 1. The van der Waals surface area contributed by atoms with Crippen molar-refractivity contribution in [1.29, 1.82) is 0 Å². The highest BCUT2D eigenvalue weighted by Gasteiger charge is 2.03. The minimum atomic E-state index is 0.489. The standard InChI is InChI=1S/C19H25NO/c1-3-4-6-10-16(2)20-17-11-9-14-19(15-17)21-18-12-7-5-8-13-18/h5,7-9,11-16,20H,3-4,6,10H2,1-2H3. The molecule has 0 aromatic heterocycles. The fourth-order valence-electron chi connectivity index (χ4n) is 2.33. The third-order valence-electron chi connectivity index (χ3n) is 3.47. The summed E-state index contributed by atoms with van der Waals surface area (Å²) < 4.78 is 5.86. The Morgan fingerprint density at radius 1 is 0.952 bits per heavy atom. The number of nitrogens with one attached hydrogen (secondary N) is 1. The van der Waals surface area contributed by atoms with Crippen LogP contribution in [0, 0.1) is 0 Å². The predicted octanol–water partition coefficient (Wildman–Crippen LogP) is 5.86. The van der Waals surface area contributed by atoms with Crippen molar-refractivity contribution in [2.45, 2.75) is 45.6 Å². The van der Waals surface area contributed by atoms with Crippen molar-refractivity contribution in [2.75, 3.05) is 5.32 Å². The van der Waals surface area contributed by atoms with E-state index < -0.39 is 0 Å². The monoisotopic (exact) mass is 283 g/mol. The normalized spacial score (nSPS) is 11.9. The van der Waals surface area contributed by atoms with E-state index in [4.69, 9.17) is 4.74 Å². The number of anilines is 1. The fourth-order valence-corrected chi connectivity index (χ4v) is 2.33. The van der Waals surface area contributed by atoms with Crippen LogP contribution in [0.25, 0.3) is 0 Å². The molecule has 0 saturated heterocycles. The summed E-state index contributed by atoms with van der Waals surface area (Å²) >= 11 is 0. The zero-order valence-electron chi connectivity index (χ0n) is 13.0. The van der Waals surface area contributed by atoms with Gasteiger partial charge in [0.2, 0.25) is 0 Å². The molecule has 21 heavy (non-hydrogen) atoms. The third-order valence-corrected chi connectivity index (χ3v) is 3.47. The molecule has 0 aliphatic rings. The Morgan fingerprint density at radius 2 is 1.71 bits per heavy atom. The van der Waals surface area contributed by atoms with Gasteiger partial charge >= 0.3 is 0 Å². The first-order chi connectivity index (χ1) is 10.3. The smallest absolute Gasteiger partial charge is 0.129 e. The second kappa shape index (κ2) is 8.35. The van der Waals surface area contributed by atoms with Gasteiger partial charge in [-0.1, -0.05) is 50.5 Å². The van der Waals surface area contributed by atoms with Crippen molar-refractivity contribution in [3.8, 4) is 11.5 Å². The molecule has 0 heterocycles. The maximum Gasteiger partial charge on any atom is 0.129 e. The first-order valence-electron chi connectivity index (χ1n) is 7.87. The van der Waals surface area contributed by atoms with Crippen LogP contribution in [0.1, 0.15) is 39.5 Å². The topological polar surface area (TPSA) is 21.3 Å². The van der Waals surface area contributed by atoms with Crippen LogP contribution in [0.4, 0.5) is 5.69 Å². The Bertz CT molecular complexity index is 524. The molecule has 1 unspecified atom stereocenters. The van der Waals surface area contributed by atoms with Crippen LogP contribution in [0.15, 0.2) is 54.6 Å². The maximum absolute atomic E-state index is 5.86. The van der Waals surface area contributed by atoms with Gasteiger partial charge in [-0.3, -0.25) is 0 Å². The Labute approximate surface area is 128 Å². The number of rotatable bonds is 8. The molecule has 0 radical (unpaired) electrons. The minimum Gasteiger partial charge on any atom is -0.457 e. The molecule has 0 saturated carbocycles. The highest BCUT2D eigenvalue weighted by atomic mass is 16.5. The minimum absolute atomic E-state index is 0.489. The molecular formula is C19H25NO. The zero-order valence-corrected chi connectivity index (χ0v) is 13.0. The summed E-state index contributed by atoms with van der Waals surface area (Å²) in [6, 6.07) is 18.5. The molecule has 2 nitrogen and oxygen atoms in total. The van der Waals surface area contributed by atoms with E-state index in [0.29, 0.717) is 6.04 Å². The van der Waals surface area contributed by atoms with Crippen molar-refractivity contribution in [1.82, 2.24) is 0 Å². The first kappa shape index (κ1) is 15.4. The van der Waals surface area contributed by atoms with Crippen LogP contribution in [0.3, 0.4) is 0 Å². The molecule has 0 aliphatic carbocycles. The Balaban J connectivity index is 1.91. The van der Waals surface area contributed by atoms with Gasteiger partial charge in [0.05, 0.1) is 0 Å². The molecule has 0 fully saturated rings. The third kappa shape index (κ3) is 5.50. The van der Waals surface area contributed by atoms with Crippen LogP contribution in [0.5, 0.6) is 11.5 Å².